The second-order valence-corrected chi connectivity index (χ2v) is 11.8. The van der Waals surface area contributed by atoms with Gasteiger partial charge in [0.05, 0.1) is 0 Å². The van der Waals surface area contributed by atoms with Crippen molar-refractivity contribution in [2.24, 2.45) is 52.8 Å². The number of alkyl halides is 1. The van der Waals surface area contributed by atoms with E-state index in [1.165, 1.54) is 76.0 Å². The van der Waals surface area contributed by atoms with E-state index in [2.05, 4.69) is 29.8 Å². The molecule has 1 nitrogen and oxygen atoms in total. The van der Waals surface area contributed by atoms with Crippen LogP contribution in [0.15, 0.2) is 0 Å². The molecule has 0 aliphatic heterocycles. The zero-order chi connectivity index (χ0) is 19.0. The summed E-state index contributed by atoms with van der Waals surface area (Å²) in [6.45, 7) is 5.56. The highest BCUT2D eigenvalue weighted by Crippen LogP contribution is 2.65. The SMILES string of the molecule is CC(CBr)[C@H]1CC[C@H]2[C@@H]3CC[C@H](CCC4CC4)[C@H](CCCO)[C@H]3CC[C@]12C. The first-order chi connectivity index (χ1) is 13.1. The summed E-state index contributed by atoms with van der Waals surface area (Å²) in [4.78, 5) is 0. The highest BCUT2D eigenvalue weighted by Gasteiger charge is 2.56. The second-order valence-electron chi connectivity index (χ2n) is 11.2. The Bertz CT molecular complexity index is 489. The Labute approximate surface area is 176 Å². The van der Waals surface area contributed by atoms with Crippen LogP contribution in [0.2, 0.25) is 0 Å². The number of aliphatic hydroxyl groups excluding tert-OH is 1. The molecule has 0 aromatic heterocycles. The summed E-state index contributed by atoms with van der Waals surface area (Å²) >= 11 is 3.79. The van der Waals surface area contributed by atoms with E-state index in [0.29, 0.717) is 12.0 Å². The maximum Gasteiger partial charge on any atom is 0.0431 e. The van der Waals surface area contributed by atoms with Crippen LogP contribution in [-0.2, 0) is 0 Å². The fraction of sp³-hybridized carbons (Fsp3) is 1.00. The van der Waals surface area contributed by atoms with Crippen LogP contribution in [0.3, 0.4) is 0 Å². The van der Waals surface area contributed by atoms with E-state index in [1.54, 1.807) is 0 Å². The first kappa shape index (κ1) is 20.7. The Morgan fingerprint density at radius 2 is 1.78 bits per heavy atom. The molecule has 1 N–H and O–H groups in total. The zero-order valence-corrected chi connectivity index (χ0v) is 19.4. The fourth-order valence-corrected chi connectivity index (χ4v) is 8.76. The number of fused-ring (bicyclic) bond motifs is 3. The summed E-state index contributed by atoms with van der Waals surface area (Å²) in [5.74, 6) is 7.71. The Morgan fingerprint density at radius 3 is 2.48 bits per heavy atom. The number of rotatable bonds is 8. The molecule has 0 heterocycles. The largest absolute Gasteiger partial charge is 0.396 e. The lowest BCUT2D eigenvalue weighted by molar-refractivity contribution is -0.0622. The Balaban J connectivity index is 1.48. The monoisotopic (exact) mass is 438 g/mol. The maximum absolute atomic E-state index is 9.52. The molecule has 2 heteroatoms. The van der Waals surface area contributed by atoms with Crippen LogP contribution < -0.4 is 0 Å². The van der Waals surface area contributed by atoms with Gasteiger partial charge < -0.3 is 5.11 Å². The second kappa shape index (κ2) is 8.66. The zero-order valence-electron chi connectivity index (χ0n) is 17.8. The van der Waals surface area contributed by atoms with E-state index in [0.717, 1.165) is 53.8 Å². The summed E-state index contributed by atoms with van der Waals surface area (Å²) in [5.41, 5.74) is 0.608. The fourth-order valence-electron chi connectivity index (χ4n) is 8.31. The molecule has 1 unspecified atom stereocenters. The van der Waals surface area contributed by atoms with Gasteiger partial charge in [0.25, 0.3) is 0 Å². The molecular formula is C25H43BrO. The van der Waals surface area contributed by atoms with E-state index in [4.69, 9.17) is 0 Å². The lowest BCUT2D eigenvalue weighted by Crippen LogP contribution is -2.48. The molecular weight excluding hydrogens is 396 g/mol. The molecule has 4 saturated carbocycles. The minimum atomic E-state index is 0.398. The molecule has 0 radical (unpaired) electrons. The van der Waals surface area contributed by atoms with E-state index in [9.17, 15) is 5.11 Å². The quantitative estimate of drug-likeness (QED) is 0.401. The number of hydrogen-bond acceptors (Lipinski definition) is 1. The third kappa shape index (κ3) is 4.05. The van der Waals surface area contributed by atoms with Gasteiger partial charge in [0.1, 0.15) is 0 Å². The average Bonchev–Trinajstić information content (AvgIpc) is 3.44. The van der Waals surface area contributed by atoms with E-state index < -0.39 is 0 Å². The molecule has 0 spiro atoms. The highest BCUT2D eigenvalue weighted by molar-refractivity contribution is 9.09. The van der Waals surface area contributed by atoms with E-state index >= 15 is 0 Å². The lowest BCUT2D eigenvalue weighted by Gasteiger charge is -2.55. The molecule has 0 bridgehead atoms. The number of aliphatic hydroxyl groups is 1. The van der Waals surface area contributed by atoms with Crippen molar-refractivity contribution < 1.29 is 5.11 Å². The highest BCUT2D eigenvalue weighted by atomic mass is 79.9. The van der Waals surface area contributed by atoms with Crippen molar-refractivity contribution in [1.82, 2.24) is 0 Å². The Kier molecular flexibility index (Phi) is 6.64. The summed E-state index contributed by atoms with van der Waals surface area (Å²) < 4.78 is 0. The van der Waals surface area contributed by atoms with Crippen molar-refractivity contribution in [2.75, 3.05) is 11.9 Å². The van der Waals surface area contributed by atoms with E-state index in [1.807, 2.05) is 0 Å². The van der Waals surface area contributed by atoms with Gasteiger partial charge in [-0.25, -0.2) is 0 Å². The Morgan fingerprint density at radius 1 is 0.963 bits per heavy atom. The maximum atomic E-state index is 9.52. The van der Waals surface area contributed by atoms with Crippen LogP contribution in [-0.4, -0.2) is 17.0 Å². The van der Waals surface area contributed by atoms with Crippen LogP contribution in [0.1, 0.15) is 90.9 Å². The lowest BCUT2D eigenvalue weighted by atomic mass is 9.50. The third-order valence-electron chi connectivity index (χ3n) is 9.86. The summed E-state index contributed by atoms with van der Waals surface area (Å²) in [5, 5.41) is 10.7. The van der Waals surface area contributed by atoms with E-state index in [-0.39, 0.29) is 0 Å². The third-order valence-corrected chi connectivity index (χ3v) is 10.9. The van der Waals surface area contributed by atoms with Gasteiger partial charge in [0.2, 0.25) is 0 Å². The first-order valence-corrected chi connectivity index (χ1v) is 13.4. The number of hydrogen-bond donors (Lipinski definition) is 1. The van der Waals surface area contributed by atoms with Gasteiger partial charge in [0, 0.05) is 11.9 Å². The Hall–Kier alpha value is 0.440. The predicted octanol–water partition coefficient (Wildman–Crippen LogP) is 7.07. The minimum absolute atomic E-state index is 0.398. The summed E-state index contributed by atoms with van der Waals surface area (Å²) in [7, 11) is 0. The van der Waals surface area contributed by atoms with Crippen molar-refractivity contribution in [3.8, 4) is 0 Å². The molecule has 0 aromatic rings. The van der Waals surface area contributed by atoms with Crippen LogP contribution in [0, 0.1) is 52.8 Å². The molecule has 0 aromatic carbocycles. The predicted molar refractivity (Wildman–Crippen MR) is 118 cm³/mol. The molecule has 4 aliphatic rings. The topological polar surface area (TPSA) is 20.2 Å². The molecule has 0 saturated heterocycles. The van der Waals surface area contributed by atoms with Gasteiger partial charge in [-0.1, -0.05) is 49.0 Å². The molecule has 4 fully saturated rings. The van der Waals surface area contributed by atoms with Crippen molar-refractivity contribution in [3.63, 3.8) is 0 Å². The van der Waals surface area contributed by atoms with Crippen LogP contribution >= 0.6 is 15.9 Å². The smallest absolute Gasteiger partial charge is 0.0431 e. The molecule has 8 atom stereocenters. The van der Waals surface area contributed by atoms with Crippen LogP contribution in [0.25, 0.3) is 0 Å². The normalized spacial score (nSPS) is 45.3. The van der Waals surface area contributed by atoms with Gasteiger partial charge in [-0.15, -0.1) is 0 Å². The summed E-state index contributed by atoms with van der Waals surface area (Å²) in [6, 6.07) is 0. The number of halogens is 1. The van der Waals surface area contributed by atoms with Gasteiger partial charge in [0.15, 0.2) is 0 Å². The molecule has 0 amide bonds. The molecule has 27 heavy (non-hydrogen) atoms. The van der Waals surface area contributed by atoms with Gasteiger partial charge >= 0.3 is 0 Å². The van der Waals surface area contributed by atoms with Crippen LogP contribution in [0.4, 0.5) is 0 Å². The molecule has 4 aliphatic carbocycles. The first-order valence-electron chi connectivity index (χ1n) is 12.2. The summed E-state index contributed by atoms with van der Waals surface area (Å²) in [6.07, 6.45) is 17.3. The van der Waals surface area contributed by atoms with Gasteiger partial charge in [-0.2, -0.15) is 0 Å². The average molecular weight is 440 g/mol. The van der Waals surface area contributed by atoms with Gasteiger partial charge in [-0.3, -0.25) is 0 Å². The molecule has 156 valence electrons. The molecule has 4 rings (SSSR count). The standard InChI is InChI=1S/C25H43BrO/c1-17(16-26)23-11-12-24-22-10-9-19(8-7-18-5-6-18)20(4-3-15-27)21(22)13-14-25(23,24)2/h17-24,27H,3-16H2,1-2H3/t17?,19-,20-,21+,22+,23+,24-,25+/m0/s1. The van der Waals surface area contributed by atoms with Gasteiger partial charge in [-0.05, 0) is 111 Å². The van der Waals surface area contributed by atoms with Crippen LogP contribution in [0.5, 0.6) is 0 Å². The van der Waals surface area contributed by atoms with Crippen molar-refractivity contribution in [1.29, 1.82) is 0 Å². The van der Waals surface area contributed by atoms with Crippen molar-refractivity contribution >= 4 is 15.9 Å². The van der Waals surface area contributed by atoms with Crippen molar-refractivity contribution in [3.05, 3.63) is 0 Å². The van der Waals surface area contributed by atoms with Crippen molar-refractivity contribution in [2.45, 2.75) is 90.9 Å². The minimum Gasteiger partial charge on any atom is -0.396 e.